The summed E-state index contributed by atoms with van der Waals surface area (Å²) in [6.45, 7) is 0. The van der Waals surface area contributed by atoms with Crippen LogP contribution in [0.1, 0.15) is 19.3 Å². The molecule has 94 valence electrons. The highest BCUT2D eigenvalue weighted by Gasteiger charge is 2.41. The van der Waals surface area contributed by atoms with Gasteiger partial charge < -0.3 is 14.6 Å². The van der Waals surface area contributed by atoms with Crippen molar-refractivity contribution in [3.63, 3.8) is 0 Å². The fourth-order valence-electron chi connectivity index (χ4n) is 3.53. The molecule has 1 aromatic heterocycles. The molecule has 1 N–H and O–H groups in total. The van der Waals surface area contributed by atoms with E-state index in [-0.39, 0.29) is 0 Å². The molecule has 3 heterocycles. The third-order valence-electron chi connectivity index (χ3n) is 4.52. The van der Waals surface area contributed by atoms with Crippen molar-refractivity contribution in [2.24, 2.45) is 0 Å². The Morgan fingerprint density at radius 1 is 1.28 bits per heavy atom. The predicted octanol–water partition coefficient (Wildman–Crippen LogP) is 2.76. The van der Waals surface area contributed by atoms with Crippen molar-refractivity contribution < 1.29 is 4.42 Å². The van der Waals surface area contributed by atoms with E-state index in [2.05, 4.69) is 35.5 Å². The molecule has 2 bridgehead atoms. The highest BCUT2D eigenvalue weighted by molar-refractivity contribution is 5.80. The summed E-state index contributed by atoms with van der Waals surface area (Å²) in [7, 11) is 2.16. The Balaban J connectivity index is 1.66. The van der Waals surface area contributed by atoms with Crippen molar-refractivity contribution in [2.45, 2.75) is 37.4 Å². The maximum absolute atomic E-state index is 5.95. The molecular formula is C15H18N2O. The smallest absolute Gasteiger partial charge is 0.196 e. The first kappa shape index (κ1) is 10.4. The number of nitrogens with zero attached hydrogens (tertiary/aromatic N) is 1. The Morgan fingerprint density at radius 2 is 2.17 bits per heavy atom. The van der Waals surface area contributed by atoms with Crippen LogP contribution in [0, 0.1) is 0 Å². The van der Waals surface area contributed by atoms with E-state index in [1.807, 2.05) is 12.1 Å². The number of likely N-dealkylation sites (N-methyl/N-ethyl adjacent to an activating group) is 1. The van der Waals surface area contributed by atoms with Gasteiger partial charge in [0.1, 0.15) is 5.58 Å². The van der Waals surface area contributed by atoms with Crippen LogP contribution in [0.4, 0.5) is 5.88 Å². The van der Waals surface area contributed by atoms with Gasteiger partial charge >= 0.3 is 0 Å². The number of anilines is 1. The van der Waals surface area contributed by atoms with E-state index in [4.69, 9.17) is 4.42 Å². The Morgan fingerprint density at radius 3 is 2.89 bits per heavy atom. The van der Waals surface area contributed by atoms with E-state index in [0.29, 0.717) is 12.1 Å². The highest BCUT2D eigenvalue weighted by atomic mass is 16.4. The molecule has 0 amide bonds. The van der Waals surface area contributed by atoms with E-state index in [1.54, 1.807) is 0 Å². The zero-order chi connectivity index (χ0) is 12.1. The first-order valence-corrected chi connectivity index (χ1v) is 6.79. The second kappa shape index (κ2) is 3.75. The number of para-hydroxylation sites is 1. The minimum Gasteiger partial charge on any atom is -0.441 e. The second-order valence-corrected chi connectivity index (χ2v) is 5.58. The van der Waals surface area contributed by atoms with Crippen molar-refractivity contribution >= 4 is 16.9 Å². The van der Waals surface area contributed by atoms with Crippen LogP contribution >= 0.6 is 0 Å². The Kier molecular flexibility index (Phi) is 2.18. The van der Waals surface area contributed by atoms with Crippen LogP contribution < -0.4 is 10.2 Å². The lowest BCUT2D eigenvalue weighted by atomic mass is 9.94. The molecule has 2 saturated heterocycles. The van der Waals surface area contributed by atoms with Gasteiger partial charge in [-0.1, -0.05) is 18.2 Å². The highest BCUT2D eigenvalue weighted by Crippen LogP contribution is 2.35. The normalized spacial score (nSPS) is 30.2. The standard InChI is InChI=1S/C15H18N2O/c1-17(13-9-11-6-7-12(13)16-11)15-8-10-4-2-3-5-14(10)18-15/h2-5,8,11-13,16H,6-7,9H2,1H3/t11-,12+,13-/m1/s1. The average Bonchev–Trinajstić information content (AvgIpc) is 3.11. The summed E-state index contributed by atoms with van der Waals surface area (Å²) in [5.74, 6) is 0.996. The largest absolute Gasteiger partial charge is 0.441 e. The lowest BCUT2D eigenvalue weighted by molar-refractivity contribution is 0.459. The first-order valence-electron chi connectivity index (χ1n) is 6.79. The van der Waals surface area contributed by atoms with Gasteiger partial charge in [0.2, 0.25) is 0 Å². The lowest BCUT2D eigenvalue weighted by Gasteiger charge is -2.30. The van der Waals surface area contributed by atoms with Gasteiger partial charge in [-0.05, 0) is 25.3 Å². The van der Waals surface area contributed by atoms with Crippen LogP contribution in [0.15, 0.2) is 34.7 Å². The molecule has 2 fully saturated rings. The summed E-state index contributed by atoms with van der Waals surface area (Å²) < 4.78 is 5.95. The minimum absolute atomic E-state index is 0.587. The van der Waals surface area contributed by atoms with Gasteiger partial charge in [-0.15, -0.1) is 0 Å². The van der Waals surface area contributed by atoms with Crippen LogP contribution in [-0.2, 0) is 0 Å². The van der Waals surface area contributed by atoms with Crippen LogP contribution in [0.25, 0.3) is 11.0 Å². The van der Waals surface area contributed by atoms with Gasteiger partial charge in [0.25, 0.3) is 0 Å². The molecule has 2 aromatic rings. The van der Waals surface area contributed by atoms with E-state index in [0.717, 1.165) is 17.5 Å². The van der Waals surface area contributed by atoms with Gasteiger partial charge in [0.05, 0.1) is 0 Å². The van der Waals surface area contributed by atoms with E-state index < -0.39 is 0 Å². The molecule has 2 aliphatic heterocycles. The van der Waals surface area contributed by atoms with Gasteiger partial charge in [-0.3, -0.25) is 0 Å². The Bertz CT molecular complexity index is 544. The van der Waals surface area contributed by atoms with Crippen LogP contribution in [0.5, 0.6) is 0 Å². The molecule has 0 unspecified atom stereocenters. The maximum atomic E-state index is 5.95. The van der Waals surface area contributed by atoms with E-state index >= 15 is 0 Å². The molecule has 1 aromatic carbocycles. The Hall–Kier alpha value is -1.48. The van der Waals surface area contributed by atoms with Crippen LogP contribution in [-0.4, -0.2) is 25.2 Å². The molecule has 0 radical (unpaired) electrons. The summed E-state index contributed by atoms with van der Waals surface area (Å²) in [6, 6.07) is 12.3. The molecule has 0 spiro atoms. The van der Waals surface area contributed by atoms with Crippen molar-refractivity contribution in [1.82, 2.24) is 5.32 Å². The topological polar surface area (TPSA) is 28.4 Å². The molecule has 4 rings (SSSR count). The molecule has 3 nitrogen and oxygen atoms in total. The number of benzene rings is 1. The fraction of sp³-hybridized carbons (Fsp3) is 0.467. The number of nitrogens with one attached hydrogen (secondary N) is 1. The second-order valence-electron chi connectivity index (χ2n) is 5.58. The lowest BCUT2D eigenvalue weighted by Crippen LogP contribution is -2.40. The van der Waals surface area contributed by atoms with Gasteiger partial charge in [0, 0.05) is 36.6 Å². The number of hydrogen-bond acceptors (Lipinski definition) is 3. The first-order chi connectivity index (χ1) is 8.81. The van der Waals surface area contributed by atoms with Crippen LogP contribution in [0.3, 0.4) is 0 Å². The van der Waals surface area contributed by atoms with Crippen molar-refractivity contribution in [3.8, 4) is 0 Å². The number of furan rings is 1. The summed E-state index contributed by atoms with van der Waals surface area (Å²) in [4.78, 5) is 2.32. The Labute approximate surface area is 107 Å². The third-order valence-corrected chi connectivity index (χ3v) is 4.52. The molecule has 0 saturated carbocycles. The van der Waals surface area contributed by atoms with Crippen molar-refractivity contribution in [2.75, 3.05) is 11.9 Å². The maximum Gasteiger partial charge on any atom is 0.196 e. The number of hydrogen-bond donors (Lipinski definition) is 1. The summed E-state index contributed by atoms with van der Waals surface area (Å²) in [5, 5.41) is 4.87. The molecule has 2 aliphatic rings. The summed E-state index contributed by atoms with van der Waals surface area (Å²) >= 11 is 0. The minimum atomic E-state index is 0.587. The van der Waals surface area contributed by atoms with Crippen molar-refractivity contribution in [1.29, 1.82) is 0 Å². The van der Waals surface area contributed by atoms with E-state index in [9.17, 15) is 0 Å². The van der Waals surface area contributed by atoms with Crippen LogP contribution in [0.2, 0.25) is 0 Å². The quantitative estimate of drug-likeness (QED) is 0.877. The molecular weight excluding hydrogens is 224 g/mol. The summed E-state index contributed by atoms with van der Waals surface area (Å²) in [6.07, 6.45) is 3.90. The zero-order valence-electron chi connectivity index (χ0n) is 10.6. The van der Waals surface area contributed by atoms with Gasteiger partial charge in [-0.25, -0.2) is 0 Å². The average molecular weight is 242 g/mol. The third kappa shape index (κ3) is 1.47. The summed E-state index contributed by atoms with van der Waals surface area (Å²) in [5.41, 5.74) is 0.982. The number of fused-ring (bicyclic) bond motifs is 3. The molecule has 3 heteroatoms. The number of rotatable bonds is 2. The van der Waals surface area contributed by atoms with Crippen molar-refractivity contribution in [3.05, 3.63) is 30.3 Å². The molecule has 18 heavy (non-hydrogen) atoms. The zero-order valence-corrected chi connectivity index (χ0v) is 10.6. The SMILES string of the molecule is CN(c1cc2ccccc2o1)[C@@H]1C[C@H]2CC[C@@H]1N2. The monoisotopic (exact) mass is 242 g/mol. The predicted molar refractivity (Wildman–Crippen MR) is 73.0 cm³/mol. The van der Waals surface area contributed by atoms with Gasteiger partial charge in [0.15, 0.2) is 5.88 Å². The van der Waals surface area contributed by atoms with Gasteiger partial charge in [-0.2, -0.15) is 0 Å². The fourth-order valence-corrected chi connectivity index (χ4v) is 3.53. The molecule has 3 atom stereocenters. The van der Waals surface area contributed by atoms with E-state index in [1.165, 1.54) is 24.6 Å². The molecule has 0 aliphatic carbocycles.